The Bertz CT molecular complexity index is 889. The van der Waals surface area contributed by atoms with E-state index >= 15 is 0 Å². The maximum absolute atomic E-state index is 12.9. The minimum absolute atomic E-state index is 0.0198. The summed E-state index contributed by atoms with van der Waals surface area (Å²) in [4.78, 5) is 25.4. The van der Waals surface area contributed by atoms with E-state index in [2.05, 4.69) is 13.5 Å². The molecule has 3 rings (SSSR count). The van der Waals surface area contributed by atoms with E-state index in [0.717, 1.165) is 36.8 Å². The molecule has 5 atom stereocenters. The van der Waals surface area contributed by atoms with E-state index < -0.39 is 23.5 Å². The predicted molar refractivity (Wildman–Crippen MR) is 124 cm³/mol. The van der Waals surface area contributed by atoms with Gasteiger partial charge in [-0.05, 0) is 63.0 Å². The summed E-state index contributed by atoms with van der Waals surface area (Å²) in [7, 11) is 0. The summed E-state index contributed by atoms with van der Waals surface area (Å²) in [5, 5.41) is 19.5. The van der Waals surface area contributed by atoms with Gasteiger partial charge in [-0.2, -0.15) is 0 Å². The van der Waals surface area contributed by atoms with Crippen LogP contribution >= 0.6 is 0 Å². The monoisotopic (exact) mass is 440 g/mol. The Kier molecular flexibility index (Phi) is 7.29. The molecule has 0 saturated heterocycles. The van der Waals surface area contributed by atoms with Crippen LogP contribution in [0.3, 0.4) is 0 Å². The van der Waals surface area contributed by atoms with Crippen molar-refractivity contribution in [1.29, 1.82) is 0 Å². The van der Waals surface area contributed by atoms with Crippen molar-refractivity contribution in [2.24, 2.45) is 22.7 Å². The molecular formula is C27H36O5. The first-order valence-electron chi connectivity index (χ1n) is 11.6. The fourth-order valence-electron chi connectivity index (χ4n) is 6.38. The fourth-order valence-corrected chi connectivity index (χ4v) is 6.38. The predicted octanol–water partition coefficient (Wildman–Crippen LogP) is 5.40. The Balaban J connectivity index is 1.96. The summed E-state index contributed by atoms with van der Waals surface area (Å²) in [5.74, 6) is -1.40. The van der Waals surface area contributed by atoms with Crippen LogP contribution in [0, 0.1) is 22.7 Å². The number of carboxylic acids is 1. The van der Waals surface area contributed by atoms with Gasteiger partial charge in [0.25, 0.3) is 0 Å². The number of allylic oxidation sites excluding steroid dienone is 1. The molecule has 0 spiro atoms. The molecule has 1 aromatic rings. The molecule has 2 aliphatic rings. The minimum Gasteiger partial charge on any atom is -0.481 e. The minimum atomic E-state index is -0.969. The summed E-state index contributed by atoms with van der Waals surface area (Å²) in [6.45, 7) is 10.4. The highest BCUT2D eigenvalue weighted by atomic mass is 16.5. The summed E-state index contributed by atoms with van der Waals surface area (Å²) in [5.41, 5.74) is 1.32. The number of carbonyl (C=O) groups excluding carboxylic acids is 1. The maximum atomic E-state index is 12.9. The van der Waals surface area contributed by atoms with Gasteiger partial charge in [0.15, 0.2) is 0 Å². The first kappa shape index (κ1) is 24.2. The van der Waals surface area contributed by atoms with Crippen LogP contribution in [0.4, 0.5) is 0 Å². The molecule has 0 radical (unpaired) electrons. The third-order valence-corrected chi connectivity index (χ3v) is 7.96. The second-order valence-corrected chi connectivity index (χ2v) is 10.1. The van der Waals surface area contributed by atoms with Gasteiger partial charge in [0.2, 0.25) is 0 Å². The van der Waals surface area contributed by atoms with Crippen molar-refractivity contribution in [1.82, 2.24) is 0 Å². The summed E-state index contributed by atoms with van der Waals surface area (Å²) in [6, 6.07) is 8.86. The zero-order chi connectivity index (χ0) is 23.5. The number of hydrogen-bond donors (Lipinski definition) is 2. The standard InChI is InChI=1S/C27H36O5/c1-18(13-16-28)11-12-21-19(2)17-22(32-24(29)20-9-6-5-7-10-20)23-26(21,3)14-8-15-27(23,4)25(30)31/h5-7,9-10,13,21-23,28H,2,8,11-12,14-17H2,1,3-4H3,(H,30,31)/b18-13+/t21?,22-,23?,26-,27?/m1/s1. The van der Waals surface area contributed by atoms with E-state index in [1.54, 1.807) is 24.3 Å². The smallest absolute Gasteiger partial charge is 0.338 e. The van der Waals surface area contributed by atoms with Crippen molar-refractivity contribution >= 4 is 11.9 Å². The quantitative estimate of drug-likeness (QED) is 0.438. The molecule has 5 heteroatoms. The van der Waals surface area contributed by atoms with E-state index in [0.29, 0.717) is 18.4 Å². The number of aliphatic hydroxyl groups excluding tert-OH is 1. The Hall–Kier alpha value is -2.40. The highest BCUT2D eigenvalue weighted by Gasteiger charge is 2.61. The average molecular weight is 441 g/mol. The van der Waals surface area contributed by atoms with E-state index in [9.17, 15) is 19.8 Å². The van der Waals surface area contributed by atoms with Gasteiger partial charge in [-0.25, -0.2) is 4.79 Å². The summed E-state index contributed by atoms with van der Waals surface area (Å²) < 4.78 is 6.03. The number of benzene rings is 1. The molecule has 3 unspecified atom stereocenters. The maximum Gasteiger partial charge on any atom is 0.338 e. The Morgan fingerprint density at radius 3 is 2.53 bits per heavy atom. The largest absolute Gasteiger partial charge is 0.481 e. The van der Waals surface area contributed by atoms with Crippen molar-refractivity contribution in [2.75, 3.05) is 6.61 Å². The number of ether oxygens (including phenoxy) is 1. The van der Waals surface area contributed by atoms with Crippen LogP contribution in [0.1, 0.15) is 69.7 Å². The van der Waals surface area contributed by atoms with Crippen molar-refractivity contribution in [3.8, 4) is 0 Å². The lowest BCUT2D eigenvalue weighted by Crippen LogP contribution is -2.59. The van der Waals surface area contributed by atoms with Gasteiger partial charge in [0.05, 0.1) is 17.6 Å². The highest BCUT2D eigenvalue weighted by molar-refractivity contribution is 5.89. The summed E-state index contributed by atoms with van der Waals surface area (Å²) >= 11 is 0. The Labute approximate surface area is 191 Å². The molecule has 0 bridgehead atoms. The van der Waals surface area contributed by atoms with E-state index in [1.165, 1.54) is 0 Å². The molecule has 0 aliphatic heterocycles. The highest BCUT2D eigenvalue weighted by Crippen LogP contribution is 2.62. The van der Waals surface area contributed by atoms with Crippen LogP contribution in [0.2, 0.25) is 0 Å². The van der Waals surface area contributed by atoms with Crippen LogP contribution < -0.4 is 0 Å². The molecule has 32 heavy (non-hydrogen) atoms. The van der Waals surface area contributed by atoms with E-state index in [-0.39, 0.29) is 23.9 Å². The zero-order valence-electron chi connectivity index (χ0n) is 19.5. The molecule has 0 heterocycles. The SMILES string of the molecule is C=C1C[C@@H](OC(=O)c2ccccc2)C2C(C)(C(=O)O)CCC[C@]2(C)C1CC/C(C)=C/CO. The van der Waals surface area contributed by atoms with Crippen molar-refractivity contribution < 1.29 is 24.5 Å². The third-order valence-electron chi connectivity index (χ3n) is 7.96. The number of rotatable bonds is 7. The van der Waals surface area contributed by atoms with Gasteiger partial charge in [-0.3, -0.25) is 4.79 Å². The lowest BCUT2D eigenvalue weighted by Gasteiger charge is -2.59. The zero-order valence-corrected chi connectivity index (χ0v) is 19.5. The Morgan fingerprint density at radius 1 is 1.22 bits per heavy atom. The van der Waals surface area contributed by atoms with Crippen LogP contribution in [0.15, 0.2) is 54.1 Å². The molecule has 1 aromatic carbocycles. The number of carbonyl (C=O) groups is 2. The number of fused-ring (bicyclic) bond motifs is 1. The topological polar surface area (TPSA) is 83.8 Å². The number of hydrogen-bond acceptors (Lipinski definition) is 4. The molecule has 2 saturated carbocycles. The van der Waals surface area contributed by atoms with Crippen LogP contribution in [0.25, 0.3) is 0 Å². The number of esters is 1. The first-order chi connectivity index (χ1) is 15.1. The average Bonchev–Trinajstić information content (AvgIpc) is 2.73. The van der Waals surface area contributed by atoms with Crippen molar-refractivity contribution in [2.45, 2.75) is 65.4 Å². The van der Waals surface area contributed by atoms with Gasteiger partial charge in [-0.15, -0.1) is 0 Å². The van der Waals surface area contributed by atoms with Gasteiger partial charge in [0, 0.05) is 12.3 Å². The molecule has 2 N–H and O–H groups in total. The van der Waals surface area contributed by atoms with Crippen LogP contribution in [0.5, 0.6) is 0 Å². The third kappa shape index (κ3) is 4.54. The Morgan fingerprint density at radius 2 is 1.91 bits per heavy atom. The van der Waals surface area contributed by atoms with Crippen LogP contribution in [-0.4, -0.2) is 34.9 Å². The molecule has 2 fully saturated rings. The van der Waals surface area contributed by atoms with Gasteiger partial charge in [-0.1, -0.05) is 55.3 Å². The molecule has 5 nitrogen and oxygen atoms in total. The fraction of sp³-hybridized carbons (Fsp3) is 0.556. The van der Waals surface area contributed by atoms with E-state index in [4.69, 9.17) is 4.74 Å². The van der Waals surface area contributed by atoms with Crippen LogP contribution in [-0.2, 0) is 9.53 Å². The number of carboxylic acid groups (broad SMARTS) is 1. The molecular weight excluding hydrogens is 404 g/mol. The second-order valence-electron chi connectivity index (χ2n) is 10.1. The first-order valence-corrected chi connectivity index (χ1v) is 11.6. The van der Waals surface area contributed by atoms with Gasteiger partial charge < -0.3 is 14.9 Å². The van der Waals surface area contributed by atoms with Crippen molar-refractivity contribution in [3.63, 3.8) is 0 Å². The van der Waals surface area contributed by atoms with Gasteiger partial charge in [0.1, 0.15) is 6.10 Å². The molecule has 174 valence electrons. The van der Waals surface area contributed by atoms with Gasteiger partial charge >= 0.3 is 11.9 Å². The van der Waals surface area contributed by atoms with Crippen molar-refractivity contribution in [3.05, 3.63) is 59.7 Å². The number of aliphatic hydroxyl groups is 1. The number of aliphatic carboxylic acids is 1. The molecule has 2 aliphatic carbocycles. The normalized spacial score (nSPS) is 32.8. The molecule has 0 aromatic heterocycles. The second kappa shape index (κ2) is 9.62. The summed E-state index contributed by atoms with van der Waals surface area (Å²) in [6.07, 6.45) is 5.73. The molecule has 0 amide bonds. The lowest BCUT2D eigenvalue weighted by atomic mass is 9.45. The lowest BCUT2D eigenvalue weighted by molar-refractivity contribution is -0.177. The van der Waals surface area contributed by atoms with E-state index in [1.807, 2.05) is 26.0 Å².